The maximum absolute atomic E-state index is 14.0. The number of nitrogens with zero attached hydrogens (tertiary/aromatic N) is 5. The monoisotopic (exact) mass is 295 g/mol. The summed E-state index contributed by atoms with van der Waals surface area (Å²) in [5.41, 5.74) is -0.186. The fourth-order valence-electron chi connectivity index (χ4n) is 1.85. The molecule has 2 N–H and O–H groups in total. The normalized spacial score (nSPS) is 10.1. The first-order valence-electron chi connectivity index (χ1n) is 5.43. The predicted molar refractivity (Wildman–Crippen MR) is 71.4 cm³/mol. The molecule has 1 aromatic carbocycles. The molecule has 0 saturated carbocycles. The van der Waals surface area contributed by atoms with Gasteiger partial charge < -0.3 is 10.2 Å². The van der Waals surface area contributed by atoms with E-state index >= 15 is 0 Å². The Bertz CT molecular complexity index is 874. The third-order valence-corrected chi connectivity index (χ3v) is 2.75. The summed E-state index contributed by atoms with van der Waals surface area (Å²) >= 11 is 0. The maximum atomic E-state index is 14.0. The number of aromatic nitrogens is 4. The van der Waals surface area contributed by atoms with Gasteiger partial charge in [-0.2, -0.15) is 24.8 Å². The molecule has 0 aliphatic carbocycles. The second-order valence-corrected chi connectivity index (χ2v) is 3.91. The molecule has 3 aromatic rings. The van der Waals surface area contributed by atoms with E-state index in [1.807, 2.05) is 0 Å². The zero-order chi connectivity index (χ0) is 14.3. The van der Waals surface area contributed by atoms with Crippen molar-refractivity contribution in [2.75, 3.05) is 0 Å². The van der Waals surface area contributed by atoms with E-state index in [0.29, 0.717) is 0 Å². The van der Waals surface area contributed by atoms with Crippen molar-refractivity contribution in [2.45, 2.75) is 0 Å². The molecule has 7 nitrogen and oxygen atoms in total. The van der Waals surface area contributed by atoms with Gasteiger partial charge in [0.2, 0.25) is 11.8 Å². The zero-order valence-corrected chi connectivity index (χ0v) is 9.82. The van der Waals surface area contributed by atoms with E-state index in [2.05, 4.69) is 15.1 Å². The van der Waals surface area contributed by atoms with Gasteiger partial charge in [0.25, 0.3) is 5.78 Å². The Morgan fingerprint density at radius 3 is 2.71 bits per heavy atom. The molecular formula is C12H7FN5NaO2. The fourth-order valence-corrected chi connectivity index (χ4v) is 1.85. The van der Waals surface area contributed by atoms with Gasteiger partial charge in [0, 0.05) is 5.56 Å². The molecule has 21 heavy (non-hydrogen) atoms. The summed E-state index contributed by atoms with van der Waals surface area (Å²) in [4.78, 5) is 7.42. The topological polar surface area (TPSA) is 107 Å². The molecule has 0 radical (unpaired) electrons. The molecule has 3 rings (SSSR count). The summed E-state index contributed by atoms with van der Waals surface area (Å²) < 4.78 is 14.9. The van der Waals surface area contributed by atoms with E-state index in [4.69, 9.17) is 5.26 Å². The van der Waals surface area contributed by atoms with E-state index in [1.165, 1.54) is 12.1 Å². The van der Waals surface area contributed by atoms with Crippen LogP contribution in [0.15, 0.2) is 24.5 Å². The Morgan fingerprint density at radius 2 is 2.05 bits per heavy atom. The second-order valence-electron chi connectivity index (χ2n) is 3.91. The minimum atomic E-state index is -0.768. The SMILES string of the molecule is N#Cc1ccc(-c2c(O)nc3ncnn3c2O)c(F)c1.[NaH]. The molecular weight excluding hydrogens is 288 g/mol. The Kier molecular flexibility index (Phi) is 4.09. The van der Waals surface area contributed by atoms with Gasteiger partial charge in [-0.05, 0) is 18.2 Å². The number of nitriles is 1. The molecule has 0 unspecified atom stereocenters. The van der Waals surface area contributed by atoms with Crippen molar-refractivity contribution < 1.29 is 14.6 Å². The molecule has 2 aromatic heterocycles. The van der Waals surface area contributed by atoms with Gasteiger partial charge in [-0.3, -0.25) is 0 Å². The molecule has 0 aliphatic rings. The van der Waals surface area contributed by atoms with Crippen LogP contribution in [0.25, 0.3) is 16.9 Å². The van der Waals surface area contributed by atoms with Gasteiger partial charge in [-0.25, -0.2) is 4.39 Å². The zero-order valence-electron chi connectivity index (χ0n) is 9.82. The standard InChI is InChI=1S/C12H6FN5O2.Na.H/c13-8-3-6(4-14)1-2-7(8)9-10(19)17-12-15-5-16-18(12)11(9)20;;/h1-3,5,20H,(H,15,16,17,19);;. The Labute approximate surface area is 139 Å². The van der Waals surface area contributed by atoms with E-state index in [9.17, 15) is 14.6 Å². The predicted octanol–water partition coefficient (Wildman–Crippen LogP) is 0.565. The van der Waals surface area contributed by atoms with E-state index < -0.39 is 17.6 Å². The van der Waals surface area contributed by atoms with Crippen LogP contribution in [0, 0.1) is 17.1 Å². The molecule has 9 heteroatoms. The molecule has 0 spiro atoms. The van der Waals surface area contributed by atoms with Crippen molar-refractivity contribution in [3.8, 4) is 29.0 Å². The van der Waals surface area contributed by atoms with Crippen molar-refractivity contribution in [3.63, 3.8) is 0 Å². The van der Waals surface area contributed by atoms with Gasteiger partial charge in [-0.1, -0.05) is 0 Å². The van der Waals surface area contributed by atoms with Crippen LogP contribution in [0.4, 0.5) is 4.39 Å². The number of benzene rings is 1. The average molecular weight is 295 g/mol. The average Bonchev–Trinajstić information content (AvgIpc) is 2.88. The van der Waals surface area contributed by atoms with Crippen LogP contribution < -0.4 is 0 Å². The third-order valence-electron chi connectivity index (χ3n) is 2.75. The van der Waals surface area contributed by atoms with Gasteiger partial charge in [0.1, 0.15) is 17.7 Å². The number of aromatic hydroxyl groups is 2. The second kappa shape index (κ2) is 5.65. The molecule has 0 saturated heterocycles. The van der Waals surface area contributed by atoms with Crippen molar-refractivity contribution in [2.24, 2.45) is 0 Å². The van der Waals surface area contributed by atoms with Gasteiger partial charge in [0.05, 0.1) is 11.6 Å². The van der Waals surface area contributed by atoms with Crippen LogP contribution in [0.5, 0.6) is 11.8 Å². The van der Waals surface area contributed by atoms with Crippen LogP contribution in [0.2, 0.25) is 0 Å². The molecule has 100 valence electrons. The van der Waals surface area contributed by atoms with Crippen molar-refractivity contribution in [1.82, 2.24) is 19.6 Å². The van der Waals surface area contributed by atoms with E-state index in [1.54, 1.807) is 6.07 Å². The quantitative estimate of drug-likeness (QED) is 0.635. The van der Waals surface area contributed by atoms with Gasteiger partial charge >= 0.3 is 29.6 Å². The Morgan fingerprint density at radius 1 is 1.29 bits per heavy atom. The first-order valence-corrected chi connectivity index (χ1v) is 5.43. The molecule has 2 heterocycles. The minimum absolute atomic E-state index is 0. The van der Waals surface area contributed by atoms with Crippen LogP contribution in [-0.2, 0) is 0 Å². The van der Waals surface area contributed by atoms with Crippen molar-refractivity contribution in [1.29, 1.82) is 5.26 Å². The van der Waals surface area contributed by atoms with Crippen molar-refractivity contribution >= 4 is 35.3 Å². The van der Waals surface area contributed by atoms with E-state index in [-0.39, 0.29) is 52.0 Å². The van der Waals surface area contributed by atoms with Crippen LogP contribution in [-0.4, -0.2) is 59.4 Å². The van der Waals surface area contributed by atoms with E-state index in [0.717, 1.165) is 16.9 Å². The fraction of sp³-hybridized carbons (Fsp3) is 0. The molecule has 0 bridgehead atoms. The van der Waals surface area contributed by atoms with Gasteiger partial charge in [-0.15, -0.1) is 0 Å². The number of rotatable bonds is 1. The summed E-state index contributed by atoms with van der Waals surface area (Å²) in [6.07, 6.45) is 1.14. The number of fused-ring (bicyclic) bond motifs is 1. The summed E-state index contributed by atoms with van der Waals surface area (Å²) in [7, 11) is 0. The Hall–Kier alpha value is -2.21. The molecule has 0 amide bonds. The summed E-state index contributed by atoms with van der Waals surface area (Å²) in [6, 6.07) is 5.43. The third kappa shape index (κ3) is 2.42. The molecule has 0 atom stereocenters. The molecule has 0 aliphatic heterocycles. The first-order chi connectivity index (χ1) is 9.61. The number of hydrogen-bond donors (Lipinski definition) is 2. The van der Waals surface area contributed by atoms with Crippen LogP contribution in [0.1, 0.15) is 5.56 Å². The van der Waals surface area contributed by atoms with Crippen molar-refractivity contribution in [3.05, 3.63) is 35.9 Å². The Balaban J connectivity index is 0.00000161. The molecule has 0 fully saturated rings. The summed E-state index contributed by atoms with van der Waals surface area (Å²) in [6.45, 7) is 0. The summed E-state index contributed by atoms with van der Waals surface area (Å²) in [5, 5.41) is 32.3. The number of hydrogen-bond acceptors (Lipinski definition) is 6. The van der Waals surface area contributed by atoms with Crippen LogP contribution >= 0.6 is 0 Å². The van der Waals surface area contributed by atoms with Gasteiger partial charge in [0.15, 0.2) is 0 Å². The first kappa shape index (κ1) is 15.2. The van der Waals surface area contributed by atoms with Crippen LogP contribution in [0.3, 0.4) is 0 Å². The summed E-state index contributed by atoms with van der Waals surface area (Å²) in [5.74, 6) is -1.85. The number of halogens is 1.